The summed E-state index contributed by atoms with van der Waals surface area (Å²) in [6.45, 7) is 1.61. The van der Waals surface area contributed by atoms with Crippen molar-refractivity contribution in [2.75, 3.05) is 25.2 Å². The van der Waals surface area contributed by atoms with Crippen LogP contribution in [0.25, 0.3) is 0 Å². The standard InChI is InChI=1S/C12H17NO4S/c1-17-9-11-3-2-8-13(11)10-4-6-12(7-5-10)18(14,15)16/h4-7,11H,2-3,8-9H2,1H3,(H,14,15,16)/t11-/m0/s1. The topological polar surface area (TPSA) is 66.8 Å². The summed E-state index contributed by atoms with van der Waals surface area (Å²) in [6.07, 6.45) is 2.18. The molecule has 0 bridgehead atoms. The molecule has 0 saturated carbocycles. The van der Waals surface area contributed by atoms with E-state index in [1.54, 1.807) is 19.2 Å². The highest BCUT2D eigenvalue weighted by Crippen LogP contribution is 2.26. The molecule has 1 fully saturated rings. The summed E-state index contributed by atoms with van der Waals surface area (Å²) in [6, 6.07) is 6.63. The smallest absolute Gasteiger partial charge is 0.294 e. The Kier molecular flexibility index (Phi) is 3.89. The molecule has 0 aromatic heterocycles. The van der Waals surface area contributed by atoms with Crippen LogP contribution in [0.3, 0.4) is 0 Å². The van der Waals surface area contributed by atoms with Gasteiger partial charge in [0.1, 0.15) is 0 Å². The zero-order chi connectivity index (χ0) is 13.2. The van der Waals surface area contributed by atoms with E-state index in [-0.39, 0.29) is 4.90 Å². The van der Waals surface area contributed by atoms with Gasteiger partial charge in [-0.1, -0.05) is 0 Å². The van der Waals surface area contributed by atoms with Crippen molar-refractivity contribution >= 4 is 15.8 Å². The Morgan fingerprint density at radius 3 is 2.61 bits per heavy atom. The third-order valence-electron chi connectivity index (χ3n) is 3.20. The molecule has 2 rings (SSSR count). The maximum atomic E-state index is 11.0. The van der Waals surface area contributed by atoms with Crippen LogP contribution in [0.4, 0.5) is 5.69 Å². The Morgan fingerprint density at radius 1 is 1.39 bits per heavy atom. The van der Waals surface area contributed by atoms with Crippen molar-refractivity contribution in [1.29, 1.82) is 0 Å². The average molecular weight is 271 g/mol. The predicted molar refractivity (Wildman–Crippen MR) is 68.5 cm³/mol. The van der Waals surface area contributed by atoms with Crippen molar-refractivity contribution in [1.82, 2.24) is 0 Å². The molecule has 5 nitrogen and oxygen atoms in total. The van der Waals surface area contributed by atoms with E-state index >= 15 is 0 Å². The summed E-state index contributed by atoms with van der Waals surface area (Å²) >= 11 is 0. The SMILES string of the molecule is COC[C@@H]1CCCN1c1ccc(S(=O)(=O)O)cc1. The van der Waals surface area contributed by atoms with E-state index in [9.17, 15) is 8.42 Å². The quantitative estimate of drug-likeness (QED) is 0.842. The van der Waals surface area contributed by atoms with Crippen LogP contribution in [-0.2, 0) is 14.9 Å². The lowest BCUT2D eigenvalue weighted by Crippen LogP contribution is -2.32. The highest BCUT2D eigenvalue weighted by Gasteiger charge is 2.24. The van der Waals surface area contributed by atoms with Crippen LogP contribution >= 0.6 is 0 Å². The van der Waals surface area contributed by atoms with Crippen molar-refractivity contribution in [3.8, 4) is 0 Å². The highest BCUT2D eigenvalue weighted by molar-refractivity contribution is 7.85. The van der Waals surface area contributed by atoms with Crippen molar-refractivity contribution in [2.45, 2.75) is 23.8 Å². The molecule has 100 valence electrons. The fourth-order valence-electron chi connectivity index (χ4n) is 2.35. The van der Waals surface area contributed by atoms with E-state index in [2.05, 4.69) is 4.90 Å². The number of hydrogen-bond donors (Lipinski definition) is 1. The summed E-state index contributed by atoms with van der Waals surface area (Å²) < 4.78 is 36.0. The molecule has 0 aliphatic carbocycles. The molecule has 1 aromatic carbocycles. The molecule has 1 N–H and O–H groups in total. The Labute approximate surface area is 107 Å². The van der Waals surface area contributed by atoms with Gasteiger partial charge in [-0.15, -0.1) is 0 Å². The van der Waals surface area contributed by atoms with Gasteiger partial charge in [-0.25, -0.2) is 0 Å². The first kappa shape index (κ1) is 13.3. The third-order valence-corrected chi connectivity index (χ3v) is 4.07. The lowest BCUT2D eigenvalue weighted by atomic mass is 10.2. The van der Waals surface area contributed by atoms with E-state index in [0.29, 0.717) is 12.6 Å². The van der Waals surface area contributed by atoms with Gasteiger partial charge in [0.2, 0.25) is 0 Å². The molecule has 0 amide bonds. The summed E-state index contributed by atoms with van der Waals surface area (Å²) in [5.74, 6) is 0. The monoisotopic (exact) mass is 271 g/mol. The minimum atomic E-state index is -4.11. The van der Waals surface area contributed by atoms with Gasteiger partial charge >= 0.3 is 0 Å². The number of nitrogens with zero attached hydrogens (tertiary/aromatic N) is 1. The van der Waals surface area contributed by atoms with Gasteiger partial charge in [0, 0.05) is 19.3 Å². The van der Waals surface area contributed by atoms with Crippen molar-refractivity contribution < 1.29 is 17.7 Å². The largest absolute Gasteiger partial charge is 0.383 e. The van der Waals surface area contributed by atoms with Crippen LogP contribution in [0.2, 0.25) is 0 Å². The summed E-state index contributed by atoms with van der Waals surface area (Å²) in [5.41, 5.74) is 0.960. The second-order valence-corrected chi connectivity index (χ2v) is 5.84. The van der Waals surface area contributed by atoms with E-state index in [0.717, 1.165) is 25.1 Å². The predicted octanol–water partition coefficient (Wildman–Crippen LogP) is 1.55. The van der Waals surface area contributed by atoms with Gasteiger partial charge in [0.15, 0.2) is 0 Å². The van der Waals surface area contributed by atoms with Crippen molar-refractivity contribution in [2.24, 2.45) is 0 Å². The lowest BCUT2D eigenvalue weighted by Gasteiger charge is -2.26. The van der Waals surface area contributed by atoms with E-state index < -0.39 is 10.1 Å². The van der Waals surface area contributed by atoms with E-state index in [1.807, 2.05) is 0 Å². The maximum absolute atomic E-state index is 11.0. The van der Waals surface area contributed by atoms with Crippen LogP contribution in [0.1, 0.15) is 12.8 Å². The Bertz CT molecular complexity index is 497. The number of rotatable bonds is 4. The number of ether oxygens (including phenoxy) is 1. The van der Waals surface area contributed by atoms with Gasteiger partial charge in [-0.3, -0.25) is 4.55 Å². The van der Waals surface area contributed by atoms with Crippen LogP contribution in [-0.4, -0.2) is 39.3 Å². The van der Waals surface area contributed by atoms with Crippen molar-refractivity contribution in [3.05, 3.63) is 24.3 Å². The summed E-state index contributed by atoms with van der Waals surface area (Å²) in [5, 5.41) is 0. The fraction of sp³-hybridized carbons (Fsp3) is 0.500. The first-order valence-corrected chi connectivity index (χ1v) is 7.29. The lowest BCUT2D eigenvalue weighted by molar-refractivity contribution is 0.181. The van der Waals surface area contributed by atoms with Crippen LogP contribution in [0.5, 0.6) is 0 Å². The van der Waals surface area contributed by atoms with Gasteiger partial charge in [0.05, 0.1) is 17.5 Å². The average Bonchev–Trinajstić information content (AvgIpc) is 2.77. The number of hydrogen-bond acceptors (Lipinski definition) is 4. The summed E-state index contributed by atoms with van der Waals surface area (Å²) in [7, 11) is -2.43. The first-order valence-electron chi connectivity index (χ1n) is 5.85. The minimum Gasteiger partial charge on any atom is -0.383 e. The summed E-state index contributed by atoms with van der Waals surface area (Å²) in [4.78, 5) is 2.13. The first-order chi connectivity index (χ1) is 8.52. The molecule has 0 spiro atoms. The number of methoxy groups -OCH3 is 1. The molecule has 1 aliphatic heterocycles. The van der Waals surface area contributed by atoms with Gasteiger partial charge in [-0.05, 0) is 37.1 Å². The molecular formula is C12H17NO4S. The van der Waals surface area contributed by atoms with E-state index in [1.165, 1.54) is 12.1 Å². The van der Waals surface area contributed by atoms with Gasteiger partial charge in [0.25, 0.3) is 10.1 Å². The molecule has 6 heteroatoms. The second-order valence-electron chi connectivity index (χ2n) is 4.41. The normalized spacial score (nSPS) is 20.3. The zero-order valence-corrected chi connectivity index (χ0v) is 11.1. The zero-order valence-electron chi connectivity index (χ0n) is 10.2. The number of benzene rings is 1. The molecule has 1 atom stereocenters. The third kappa shape index (κ3) is 2.82. The molecule has 1 aliphatic rings. The Balaban J connectivity index is 2.19. The Morgan fingerprint density at radius 2 is 2.06 bits per heavy atom. The van der Waals surface area contributed by atoms with Crippen LogP contribution < -0.4 is 4.90 Å². The van der Waals surface area contributed by atoms with Gasteiger partial charge in [-0.2, -0.15) is 8.42 Å². The fourth-order valence-corrected chi connectivity index (χ4v) is 2.83. The molecular weight excluding hydrogens is 254 g/mol. The highest BCUT2D eigenvalue weighted by atomic mass is 32.2. The van der Waals surface area contributed by atoms with Crippen LogP contribution in [0.15, 0.2) is 29.2 Å². The minimum absolute atomic E-state index is 0.0752. The Hall–Kier alpha value is -1.11. The van der Waals surface area contributed by atoms with E-state index in [4.69, 9.17) is 9.29 Å². The molecule has 1 heterocycles. The molecule has 0 radical (unpaired) electrons. The second kappa shape index (κ2) is 5.26. The molecule has 1 saturated heterocycles. The molecule has 0 unspecified atom stereocenters. The number of anilines is 1. The van der Waals surface area contributed by atoms with Crippen LogP contribution in [0, 0.1) is 0 Å². The molecule has 18 heavy (non-hydrogen) atoms. The van der Waals surface area contributed by atoms with Crippen molar-refractivity contribution in [3.63, 3.8) is 0 Å². The molecule has 1 aromatic rings. The maximum Gasteiger partial charge on any atom is 0.294 e. The van der Waals surface area contributed by atoms with Gasteiger partial charge < -0.3 is 9.64 Å².